The van der Waals surface area contributed by atoms with E-state index in [0.717, 1.165) is 116 Å². The minimum absolute atomic E-state index is 0.0843. The Labute approximate surface area is 457 Å². The average Bonchev–Trinajstić information content (AvgIpc) is 3.40. The summed E-state index contributed by atoms with van der Waals surface area (Å²) in [5.74, 6) is -0.896. The highest BCUT2D eigenvalue weighted by atomic mass is 16.6. The van der Waals surface area contributed by atoms with E-state index in [1.807, 2.05) is 0 Å². The molecule has 6 nitrogen and oxygen atoms in total. The van der Waals surface area contributed by atoms with Crippen LogP contribution in [0.25, 0.3) is 0 Å². The van der Waals surface area contributed by atoms with Crippen LogP contribution in [0.2, 0.25) is 0 Å². The summed E-state index contributed by atoms with van der Waals surface area (Å²) in [5.41, 5.74) is 0. The van der Waals surface area contributed by atoms with Crippen LogP contribution in [0.4, 0.5) is 0 Å². The van der Waals surface area contributed by atoms with Crippen molar-refractivity contribution in [3.05, 3.63) is 97.2 Å². The molecule has 6 heteroatoms. The third kappa shape index (κ3) is 59.2. The van der Waals surface area contributed by atoms with Crippen LogP contribution in [-0.2, 0) is 28.6 Å². The van der Waals surface area contributed by atoms with Gasteiger partial charge in [0, 0.05) is 19.3 Å². The zero-order valence-corrected chi connectivity index (χ0v) is 48.6. The van der Waals surface area contributed by atoms with Gasteiger partial charge in [0.2, 0.25) is 0 Å². The van der Waals surface area contributed by atoms with E-state index in [-0.39, 0.29) is 31.1 Å². The zero-order valence-electron chi connectivity index (χ0n) is 48.6. The maximum absolute atomic E-state index is 12.9. The monoisotopic (exact) mass is 1030 g/mol. The number of carbonyl (C=O) groups excluding carboxylic acids is 3. The van der Waals surface area contributed by atoms with E-state index in [1.54, 1.807) is 0 Å². The first-order valence-corrected chi connectivity index (χ1v) is 31.2. The van der Waals surface area contributed by atoms with Gasteiger partial charge in [-0.15, -0.1) is 0 Å². The third-order valence-corrected chi connectivity index (χ3v) is 13.3. The van der Waals surface area contributed by atoms with E-state index in [0.29, 0.717) is 19.3 Å². The molecule has 0 amide bonds. The number of hydrogen-bond donors (Lipinski definition) is 0. The molecular formula is C68H116O6. The Morgan fingerprint density at radius 3 is 0.838 bits per heavy atom. The quantitative estimate of drug-likeness (QED) is 0.0261. The molecule has 0 aliphatic heterocycles. The molecule has 1 unspecified atom stereocenters. The number of rotatable bonds is 56. The zero-order chi connectivity index (χ0) is 53.6. The van der Waals surface area contributed by atoms with Crippen LogP contribution in [0.1, 0.15) is 297 Å². The predicted molar refractivity (Wildman–Crippen MR) is 320 cm³/mol. The number of unbranched alkanes of at least 4 members (excludes halogenated alkanes) is 29. The predicted octanol–water partition coefficient (Wildman–Crippen LogP) is 21.3. The van der Waals surface area contributed by atoms with Crippen molar-refractivity contribution in [3.63, 3.8) is 0 Å². The van der Waals surface area contributed by atoms with Gasteiger partial charge in [0.15, 0.2) is 6.10 Å². The second kappa shape index (κ2) is 61.9. The smallest absolute Gasteiger partial charge is 0.306 e. The van der Waals surface area contributed by atoms with Gasteiger partial charge in [0.05, 0.1) is 0 Å². The normalized spacial score (nSPS) is 12.7. The molecule has 1 atom stereocenters. The number of carbonyl (C=O) groups is 3. The maximum Gasteiger partial charge on any atom is 0.306 e. The minimum Gasteiger partial charge on any atom is -0.462 e. The van der Waals surface area contributed by atoms with Crippen molar-refractivity contribution in [2.24, 2.45) is 0 Å². The van der Waals surface area contributed by atoms with E-state index < -0.39 is 6.10 Å². The molecule has 0 bridgehead atoms. The van der Waals surface area contributed by atoms with Gasteiger partial charge in [-0.2, -0.15) is 0 Å². The summed E-state index contributed by atoms with van der Waals surface area (Å²) in [7, 11) is 0. The van der Waals surface area contributed by atoms with E-state index in [9.17, 15) is 14.4 Å². The Hall–Kier alpha value is -3.67. The summed E-state index contributed by atoms with van der Waals surface area (Å²) in [6.45, 7) is 6.41. The number of allylic oxidation sites excluding steroid dienone is 16. The lowest BCUT2D eigenvalue weighted by molar-refractivity contribution is -0.167. The molecule has 0 radical (unpaired) electrons. The van der Waals surface area contributed by atoms with Gasteiger partial charge < -0.3 is 14.2 Å². The first-order valence-electron chi connectivity index (χ1n) is 31.2. The Bertz CT molecular complexity index is 1460. The van der Waals surface area contributed by atoms with E-state index in [1.165, 1.54) is 141 Å². The summed E-state index contributed by atoms with van der Waals surface area (Å²) in [6, 6.07) is 0. The van der Waals surface area contributed by atoms with E-state index in [4.69, 9.17) is 14.2 Å². The number of hydrogen-bond acceptors (Lipinski definition) is 6. The van der Waals surface area contributed by atoms with Crippen LogP contribution in [-0.4, -0.2) is 37.2 Å². The number of ether oxygens (including phenoxy) is 3. The standard InChI is InChI=1S/C68H116O6/c1-4-7-10-13-16-19-22-25-28-30-31-32-33-34-35-36-37-39-40-43-46-49-52-55-58-61-67(70)73-64-65(63-72-66(69)60-57-54-51-48-45-42-27-24-21-18-15-12-9-6-3)74-68(71)62-59-56-53-50-47-44-41-38-29-26-23-20-17-14-11-8-5-2/h7-8,10-11,16-17,19-20,24-29,31-32,65H,4-6,9,12-15,18,21-23,30,33-64H2,1-3H3/b10-7-,11-8-,19-16-,20-17-,27-24-,28-25-,29-26-,32-31-. The fraction of sp³-hybridized carbons (Fsp3) is 0.721. The summed E-state index contributed by atoms with van der Waals surface area (Å²) in [4.78, 5) is 38.3. The van der Waals surface area contributed by atoms with Crippen molar-refractivity contribution in [1.29, 1.82) is 0 Å². The van der Waals surface area contributed by atoms with Crippen LogP contribution >= 0.6 is 0 Å². The van der Waals surface area contributed by atoms with Crippen molar-refractivity contribution >= 4 is 17.9 Å². The Morgan fingerprint density at radius 2 is 0.527 bits per heavy atom. The molecule has 74 heavy (non-hydrogen) atoms. The van der Waals surface area contributed by atoms with E-state index in [2.05, 4.69) is 118 Å². The molecule has 0 rings (SSSR count). The second-order valence-corrected chi connectivity index (χ2v) is 20.5. The Kier molecular flexibility index (Phi) is 58.8. The van der Waals surface area contributed by atoms with Crippen LogP contribution in [0.3, 0.4) is 0 Å². The van der Waals surface area contributed by atoms with Crippen LogP contribution in [0, 0.1) is 0 Å². The van der Waals surface area contributed by atoms with Crippen molar-refractivity contribution in [2.45, 2.75) is 303 Å². The lowest BCUT2D eigenvalue weighted by atomic mass is 10.0. The van der Waals surface area contributed by atoms with Crippen molar-refractivity contribution in [3.8, 4) is 0 Å². The highest BCUT2D eigenvalue weighted by Gasteiger charge is 2.19. The molecule has 0 saturated heterocycles. The van der Waals surface area contributed by atoms with Gasteiger partial charge in [0.1, 0.15) is 13.2 Å². The average molecular weight is 1030 g/mol. The van der Waals surface area contributed by atoms with Gasteiger partial charge >= 0.3 is 17.9 Å². The largest absolute Gasteiger partial charge is 0.462 e. The molecule has 0 aromatic rings. The molecule has 0 aliphatic rings. The molecule has 0 heterocycles. The molecule has 0 fully saturated rings. The van der Waals surface area contributed by atoms with Gasteiger partial charge in [0.25, 0.3) is 0 Å². The van der Waals surface area contributed by atoms with E-state index >= 15 is 0 Å². The topological polar surface area (TPSA) is 78.9 Å². The fourth-order valence-corrected chi connectivity index (χ4v) is 8.68. The second-order valence-electron chi connectivity index (χ2n) is 20.5. The molecule has 0 aromatic carbocycles. The van der Waals surface area contributed by atoms with Gasteiger partial charge in [-0.1, -0.05) is 259 Å². The first-order chi connectivity index (χ1) is 36.5. The molecule has 0 aromatic heterocycles. The lowest BCUT2D eigenvalue weighted by Crippen LogP contribution is -2.30. The van der Waals surface area contributed by atoms with Gasteiger partial charge in [-0.05, 0) is 116 Å². The first kappa shape index (κ1) is 70.3. The summed E-state index contributed by atoms with van der Waals surface area (Å²) in [5, 5.41) is 0. The molecule has 0 saturated carbocycles. The fourth-order valence-electron chi connectivity index (χ4n) is 8.68. The molecule has 0 spiro atoms. The third-order valence-electron chi connectivity index (χ3n) is 13.3. The van der Waals surface area contributed by atoms with Crippen LogP contribution in [0.15, 0.2) is 97.2 Å². The molecular weight excluding hydrogens is 913 g/mol. The van der Waals surface area contributed by atoms with Gasteiger partial charge in [-0.3, -0.25) is 14.4 Å². The van der Waals surface area contributed by atoms with Crippen LogP contribution < -0.4 is 0 Å². The number of esters is 3. The molecule has 0 aliphatic carbocycles. The molecule has 0 N–H and O–H groups in total. The SMILES string of the molecule is CC/C=C\C/C=C\C/C=C\C/C=C\CCCCCCCCCCCCCCC(=O)OCC(COC(=O)CCCCCCC/C=C\CCCCCCC)OC(=O)CCCCCCCCC/C=C\C/C=C\C/C=C\CC. The highest BCUT2D eigenvalue weighted by molar-refractivity contribution is 5.71. The maximum atomic E-state index is 12.9. The van der Waals surface area contributed by atoms with Crippen molar-refractivity contribution < 1.29 is 28.6 Å². The lowest BCUT2D eigenvalue weighted by Gasteiger charge is -2.18. The summed E-state index contributed by atoms with van der Waals surface area (Å²) >= 11 is 0. The Morgan fingerprint density at radius 1 is 0.284 bits per heavy atom. The summed E-state index contributed by atoms with van der Waals surface area (Å²) < 4.78 is 16.9. The van der Waals surface area contributed by atoms with Crippen molar-refractivity contribution in [2.75, 3.05) is 13.2 Å². The minimum atomic E-state index is -0.788. The van der Waals surface area contributed by atoms with Gasteiger partial charge in [-0.25, -0.2) is 0 Å². The van der Waals surface area contributed by atoms with Crippen molar-refractivity contribution in [1.82, 2.24) is 0 Å². The molecule has 424 valence electrons. The highest BCUT2D eigenvalue weighted by Crippen LogP contribution is 2.16. The summed E-state index contributed by atoms with van der Waals surface area (Å²) in [6.07, 6.45) is 82.6. The Balaban J connectivity index is 4.33. The van der Waals surface area contributed by atoms with Crippen LogP contribution in [0.5, 0.6) is 0 Å².